The minimum atomic E-state index is -3.57. The van der Waals surface area contributed by atoms with E-state index in [4.69, 9.17) is 0 Å². The first-order valence-corrected chi connectivity index (χ1v) is 8.89. The molecule has 2 aromatic carbocycles. The fourth-order valence-corrected chi connectivity index (χ4v) is 4.95. The summed E-state index contributed by atoms with van der Waals surface area (Å²) in [4.78, 5) is 0.420. The summed E-state index contributed by atoms with van der Waals surface area (Å²) in [6.07, 6.45) is 0. The summed E-state index contributed by atoms with van der Waals surface area (Å²) in [5.41, 5.74) is 4.36. The fourth-order valence-electron chi connectivity index (χ4n) is 3.00. The number of anilines is 1. The lowest BCUT2D eigenvalue weighted by molar-refractivity contribution is 0.590. The molecule has 22 heavy (non-hydrogen) atoms. The maximum absolute atomic E-state index is 13.2. The van der Waals surface area contributed by atoms with Gasteiger partial charge in [0.05, 0.1) is 10.6 Å². The van der Waals surface area contributed by atoms with Gasteiger partial charge in [-0.25, -0.2) is 8.42 Å². The van der Waals surface area contributed by atoms with Crippen LogP contribution >= 0.6 is 0 Å². The van der Waals surface area contributed by atoms with E-state index in [0.29, 0.717) is 11.4 Å². The van der Waals surface area contributed by atoms with E-state index in [0.717, 1.165) is 27.9 Å². The second-order valence-corrected chi connectivity index (χ2v) is 7.48. The van der Waals surface area contributed by atoms with Crippen molar-refractivity contribution in [1.29, 1.82) is 0 Å². The number of sulfonamides is 1. The second-order valence-electron chi connectivity index (χ2n) is 5.68. The van der Waals surface area contributed by atoms with Gasteiger partial charge in [-0.2, -0.15) is 0 Å². The van der Waals surface area contributed by atoms with Gasteiger partial charge in [-0.3, -0.25) is 4.31 Å². The summed E-state index contributed by atoms with van der Waals surface area (Å²) < 4.78 is 27.9. The Balaban J connectivity index is 2.66. The molecule has 0 aromatic heterocycles. The van der Waals surface area contributed by atoms with Crippen molar-refractivity contribution in [1.82, 2.24) is 0 Å². The molecule has 0 N–H and O–H groups in total. The molecule has 3 nitrogen and oxygen atoms in total. The van der Waals surface area contributed by atoms with Crippen molar-refractivity contribution in [2.24, 2.45) is 0 Å². The van der Waals surface area contributed by atoms with E-state index >= 15 is 0 Å². The lowest BCUT2D eigenvalue weighted by atomic mass is 10.1. The fraction of sp³-hybridized carbons (Fsp3) is 0.333. The van der Waals surface area contributed by atoms with Gasteiger partial charge >= 0.3 is 0 Å². The molecule has 0 aliphatic rings. The van der Waals surface area contributed by atoms with Crippen LogP contribution in [0.15, 0.2) is 41.3 Å². The van der Waals surface area contributed by atoms with Crippen molar-refractivity contribution in [2.45, 2.75) is 39.5 Å². The van der Waals surface area contributed by atoms with Crippen LogP contribution in [0.25, 0.3) is 0 Å². The molecule has 2 rings (SSSR count). The minimum Gasteiger partial charge on any atom is -0.266 e. The lowest BCUT2D eigenvalue weighted by Crippen LogP contribution is -2.32. The Morgan fingerprint density at radius 2 is 1.45 bits per heavy atom. The quantitative estimate of drug-likeness (QED) is 0.850. The molecule has 2 aromatic rings. The Kier molecular flexibility index (Phi) is 4.61. The molecule has 0 saturated heterocycles. The largest absolute Gasteiger partial charge is 0.266 e. The van der Waals surface area contributed by atoms with E-state index in [1.807, 2.05) is 71.0 Å². The van der Waals surface area contributed by atoms with Crippen molar-refractivity contribution < 1.29 is 8.42 Å². The van der Waals surface area contributed by atoms with Gasteiger partial charge in [-0.05, 0) is 57.4 Å². The average molecular weight is 317 g/mol. The van der Waals surface area contributed by atoms with Crippen molar-refractivity contribution >= 4 is 15.7 Å². The highest BCUT2D eigenvalue weighted by molar-refractivity contribution is 7.93. The van der Waals surface area contributed by atoms with Crippen LogP contribution in [0.3, 0.4) is 0 Å². The number of aryl methyl sites for hydroxylation is 4. The SMILES string of the molecule is CCN(c1ccccc1C)S(=O)(=O)c1c(C)cc(C)cc1C. The van der Waals surface area contributed by atoms with Crippen LogP contribution in [0, 0.1) is 27.7 Å². The van der Waals surface area contributed by atoms with Gasteiger partial charge in [-0.15, -0.1) is 0 Å². The van der Waals surface area contributed by atoms with Crippen LogP contribution in [0.1, 0.15) is 29.2 Å². The number of nitrogens with zero attached hydrogens (tertiary/aromatic N) is 1. The molecule has 0 heterocycles. The monoisotopic (exact) mass is 317 g/mol. The van der Waals surface area contributed by atoms with Crippen molar-refractivity contribution in [3.63, 3.8) is 0 Å². The molecule has 0 saturated carbocycles. The van der Waals surface area contributed by atoms with Crippen LogP contribution < -0.4 is 4.31 Å². The smallest absolute Gasteiger partial charge is 0.264 e. The molecule has 4 heteroatoms. The maximum atomic E-state index is 13.2. The van der Waals surface area contributed by atoms with Gasteiger partial charge in [0, 0.05) is 6.54 Å². The Morgan fingerprint density at radius 1 is 0.909 bits per heavy atom. The summed E-state index contributed by atoms with van der Waals surface area (Å²) in [5.74, 6) is 0. The van der Waals surface area contributed by atoms with Gasteiger partial charge in [0.25, 0.3) is 10.0 Å². The molecule has 0 atom stereocenters. The highest BCUT2D eigenvalue weighted by Gasteiger charge is 2.27. The van der Waals surface area contributed by atoms with E-state index in [1.54, 1.807) is 0 Å². The number of hydrogen-bond donors (Lipinski definition) is 0. The number of para-hydroxylation sites is 1. The molecule has 0 bridgehead atoms. The van der Waals surface area contributed by atoms with Gasteiger partial charge in [-0.1, -0.05) is 35.9 Å². The zero-order valence-corrected chi connectivity index (χ0v) is 14.7. The topological polar surface area (TPSA) is 37.4 Å². The summed E-state index contributed by atoms with van der Waals surface area (Å²) in [6.45, 7) is 9.90. The third-order valence-corrected chi connectivity index (χ3v) is 6.02. The van der Waals surface area contributed by atoms with Gasteiger partial charge < -0.3 is 0 Å². The Hall–Kier alpha value is -1.81. The minimum absolute atomic E-state index is 0.403. The van der Waals surface area contributed by atoms with E-state index < -0.39 is 10.0 Å². The van der Waals surface area contributed by atoms with E-state index in [-0.39, 0.29) is 0 Å². The maximum Gasteiger partial charge on any atom is 0.264 e. The van der Waals surface area contributed by atoms with Gasteiger partial charge in [0.15, 0.2) is 0 Å². The summed E-state index contributed by atoms with van der Waals surface area (Å²) in [6, 6.07) is 11.4. The Bertz CT molecular complexity index is 771. The Morgan fingerprint density at radius 3 is 1.95 bits per heavy atom. The third-order valence-electron chi connectivity index (χ3n) is 3.82. The summed E-state index contributed by atoms with van der Waals surface area (Å²) in [5, 5.41) is 0. The number of hydrogen-bond acceptors (Lipinski definition) is 2. The predicted octanol–water partition coefficient (Wildman–Crippen LogP) is 4.14. The highest BCUT2D eigenvalue weighted by Crippen LogP contribution is 2.30. The Labute approximate surface area is 133 Å². The summed E-state index contributed by atoms with van der Waals surface area (Å²) >= 11 is 0. The van der Waals surface area contributed by atoms with Crippen molar-refractivity contribution in [2.75, 3.05) is 10.8 Å². The molecule has 0 amide bonds. The standard InChI is InChI=1S/C18H23NO2S/c1-6-19(17-10-8-7-9-14(17)3)22(20,21)18-15(4)11-13(2)12-16(18)5/h7-12H,6H2,1-5H3. The van der Waals surface area contributed by atoms with Crippen molar-refractivity contribution in [3.05, 3.63) is 58.7 Å². The molecule has 0 fully saturated rings. The molecular weight excluding hydrogens is 294 g/mol. The van der Waals surface area contributed by atoms with Crippen LogP contribution in [0.2, 0.25) is 0 Å². The third kappa shape index (κ3) is 2.88. The number of rotatable bonds is 4. The number of benzene rings is 2. The molecule has 0 unspecified atom stereocenters. The van der Waals surface area contributed by atoms with Gasteiger partial charge in [0.1, 0.15) is 0 Å². The van der Waals surface area contributed by atoms with E-state index in [9.17, 15) is 8.42 Å². The molecular formula is C18H23NO2S. The molecule has 0 aliphatic heterocycles. The van der Waals surface area contributed by atoms with E-state index in [2.05, 4.69) is 0 Å². The second kappa shape index (κ2) is 6.13. The molecule has 0 spiro atoms. The predicted molar refractivity (Wildman–Crippen MR) is 92.0 cm³/mol. The molecule has 118 valence electrons. The lowest BCUT2D eigenvalue weighted by Gasteiger charge is -2.26. The highest BCUT2D eigenvalue weighted by atomic mass is 32.2. The first-order valence-electron chi connectivity index (χ1n) is 7.45. The van der Waals surface area contributed by atoms with Crippen LogP contribution in [-0.2, 0) is 10.0 Å². The summed E-state index contributed by atoms with van der Waals surface area (Å²) in [7, 11) is -3.57. The van der Waals surface area contributed by atoms with Crippen LogP contribution in [0.5, 0.6) is 0 Å². The zero-order chi connectivity index (χ0) is 16.5. The van der Waals surface area contributed by atoms with Crippen LogP contribution in [0.4, 0.5) is 5.69 Å². The van der Waals surface area contributed by atoms with E-state index in [1.165, 1.54) is 4.31 Å². The van der Waals surface area contributed by atoms with Crippen LogP contribution in [-0.4, -0.2) is 15.0 Å². The average Bonchev–Trinajstić information content (AvgIpc) is 2.39. The molecule has 0 aliphatic carbocycles. The first-order chi connectivity index (χ1) is 10.3. The zero-order valence-electron chi connectivity index (χ0n) is 13.8. The van der Waals surface area contributed by atoms with Crippen molar-refractivity contribution in [3.8, 4) is 0 Å². The van der Waals surface area contributed by atoms with Gasteiger partial charge in [0.2, 0.25) is 0 Å². The molecule has 0 radical (unpaired) electrons. The normalized spacial score (nSPS) is 11.5. The first kappa shape index (κ1) is 16.6.